The third-order valence-electron chi connectivity index (χ3n) is 5.69. The van der Waals surface area contributed by atoms with Gasteiger partial charge in [-0.25, -0.2) is 0 Å². The molecular weight excluding hydrogens is 434 g/mol. The standard InChI is InChI=1S/C26H27N3O5/c1-17-5-10-23(18(2)12-17)28-24(30)16-34-21-8-6-20(7-9-21)29-15-19(13-25(29)31)26(32)27-14-22-4-3-11-33-22/h3-12,19H,13-16H2,1-2H3,(H,27,32)(H,28,30)/t19-/m0/s1. The lowest BCUT2D eigenvalue weighted by Crippen LogP contribution is -2.32. The maximum atomic E-state index is 12.5. The monoisotopic (exact) mass is 461 g/mol. The Hall–Kier alpha value is -4.07. The number of hydrogen-bond donors (Lipinski definition) is 2. The highest BCUT2D eigenvalue weighted by molar-refractivity contribution is 6.00. The van der Waals surface area contributed by atoms with E-state index < -0.39 is 5.92 Å². The van der Waals surface area contributed by atoms with Gasteiger partial charge in [0.1, 0.15) is 11.5 Å². The molecule has 2 N–H and O–H groups in total. The van der Waals surface area contributed by atoms with Gasteiger partial charge < -0.3 is 24.7 Å². The van der Waals surface area contributed by atoms with Gasteiger partial charge >= 0.3 is 0 Å². The molecule has 0 saturated carbocycles. The molecule has 1 saturated heterocycles. The van der Waals surface area contributed by atoms with Crippen molar-refractivity contribution in [2.75, 3.05) is 23.4 Å². The van der Waals surface area contributed by atoms with Crippen molar-refractivity contribution in [3.63, 3.8) is 0 Å². The molecule has 176 valence electrons. The fourth-order valence-electron chi connectivity index (χ4n) is 3.88. The van der Waals surface area contributed by atoms with Gasteiger partial charge in [0.2, 0.25) is 11.8 Å². The lowest BCUT2D eigenvalue weighted by atomic mass is 10.1. The molecule has 34 heavy (non-hydrogen) atoms. The van der Waals surface area contributed by atoms with Crippen LogP contribution in [0.25, 0.3) is 0 Å². The van der Waals surface area contributed by atoms with Crippen molar-refractivity contribution in [1.29, 1.82) is 0 Å². The smallest absolute Gasteiger partial charge is 0.262 e. The minimum absolute atomic E-state index is 0.111. The largest absolute Gasteiger partial charge is 0.484 e. The van der Waals surface area contributed by atoms with E-state index in [9.17, 15) is 14.4 Å². The van der Waals surface area contributed by atoms with Gasteiger partial charge in [0.25, 0.3) is 5.91 Å². The number of amides is 3. The Morgan fingerprint density at radius 2 is 1.91 bits per heavy atom. The van der Waals surface area contributed by atoms with Gasteiger partial charge in [0.05, 0.1) is 18.7 Å². The summed E-state index contributed by atoms with van der Waals surface area (Å²) in [6.45, 7) is 4.40. The number of ether oxygens (including phenoxy) is 1. The minimum Gasteiger partial charge on any atom is -0.484 e. The average molecular weight is 462 g/mol. The van der Waals surface area contributed by atoms with Crippen LogP contribution in [0.1, 0.15) is 23.3 Å². The number of aryl methyl sites for hydroxylation is 2. The molecule has 2 aromatic carbocycles. The highest BCUT2D eigenvalue weighted by Gasteiger charge is 2.35. The predicted molar refractivity (Wildman–Crippen MR) is 127 cm³/mol. The number of nitrogens with one attached hydrogen (secondary N) is 2. The van der Waals surface area contributed by atoms with E-state index in [0.717, 1.165) is 16.8 Å². The van der Waals surface area contributed by atoms with Crippen molar-refractivity contribution < 1.29 is 23.5 Å². The molecule has 0 radical (unpaired) electrons. The van der Waals surface area contributed by atoms with Gasteiger partial charge in [-0.05, 0) is 61.9 Å². The number of benzene rings is 2. The third-order valence-corrected chi connectivity index (χ3v) is 5.69. The molecule has 0 unspecified atom stereocenters. The highest BCUT2D eigenvalue weighted by Crippen LogP contribution is 2.27. The summed E-state index contributed by atoms with van der Waals surface area (Å²) in [4.78, 5) is 38.8. The lowest BCUT2D eigenvalue weighted by Gasteiger charge is -2.17. The van der Waals surface area contributed by atoms with Crippen molar-refractivity contribution in [1.82, 2.24) is 5.32 Å². The number of rotatable bonds is 8. The van der Waals surface area contributed by atoms with E-state index in [2.05, 4.69) is 10.6 Å². The van der Waals surface area contributed by atoms with Gasteiger partial charge in [-0.15, -0.1) is 0 Å². The quantitative estimate of drug-likeness (QED) is 0.534. The minimum atomic E-state index is -0.424. The molecule has 1 aromatic heterocycles. The molecule has 0 spiro atoms. The van der Waals surface area contributed by atoms with Gasteiger partial charge in [-0.2, -0.15) is 0 Å². The third kappa shape index (κ3) is 5.64. The summed E-state index contributed by atoms with van der Waals surface area (Å²) in [7, 11) is 0. The zero-order valence-corrected chi connectivity index (χ0v) is 19.2. The van der Waals surface area contributed by atoms with E-state index in [4.69, 9.17) is 9.15 Å². The van der Waals surface area contributed by atoms with Crippen molar-refractivity contribution >= 4 is 29.1 Å². The van der Waals surface area contributed by atoms with E-state index in [1.807, 2.05) is 32.0 Å². The van der Waals surface area contributed by atoms with E-state index >= 15 is 0 Å². The first kappa shape index (κ1) is 23.1. The van der Waals surface area contributed by atoms with Crippen molar-refractivity contribution in [3.05, 3.63) is 77.7 Å². The summed E-state index contributed by atoms with van der Waals surface area (Å²) in [6, 6.07) is 16.3. The Labute approximate surface area is 197 Å². The number of anilines is 2. The van der Waals surface area contributed by atoms with Crippen LogP contribution in [0.3, 0.4) is 0 Å². The summed E-state index contributed by atoms with van der Waals surface area (Å²) in [5.74, 6) is 0.204. The molecule has 8 heteroatoms. The Kier molecular flexibility index (Phi) is 6.96. The van der Waals surface area contributed by atoms with E-state index in [1.165, 1.54) is 0 Å². The molecule has 3 aromatic rings. The van der Waals surface area contributed by atoms with Crippen LogP contribution >= 0.6 is 0 Å². The number of carbonyl (C=O) groups is 3. The van der Waals surface area contributed by atoms with Crippen LogP contribution in [0.4, 0.5) is 11.4 Å². The van der Waals surface area contributed by atoms with Crippen LogP contribution in [0.5, 0.6) is 5.75 Å². The highest BCUT2D eigenvalue weighted by atomic mass is 16.5. The summed E-state index contributed by atoms with van der Waals surface area (Å²) in [6.07, 6.45) is 1.70. The molecule has 4 rings (SSSR count). The van der Waals surface area contributed by atoms with Gasteiger partial charge in [-0.3, -0.25) is 14.4 Å². The number of furan rings is 1. The molecule has 1 fully saturated rings. The molecule has 1 aliphatic rings. The summed E-state index contributed by atoms with van der Waals surface area (Å²) in [5, 5.41) is 5.65. The van der Waals surface area contributed by atoms with Crippen molar-refractivity contribution in [2.24, 2.45) is 5.92 Å². The van der Waals surface area contributed by atoms with Gasteiger partial charge in [0, 0.05) is 24.3 Å². The second-order valence-electron chi connectivity index (χ2n) is 8.35. The van der Waals surface area contributed by atoms with Crippen LogP contribution in [0.15, 0.2) is 65.3 Å². The van der Waals surface area contributed by atoms with Crippen LogP contribution < -0.4 is 20.3 Å². The zero-order chi connectivity index (χ0) is 24.1. The fourth-order valence-corrected chi connectivity index (χ4v) is 3.88. The average Bonchev–Trinajstić information content (AvgIpc) is 3.48. The number of hydrogen-bond acceptors (Lipinski definition) is 5. The first-order valence-corrected chi connectivity index (χ1v) is 11.1. The molecule has 8 nitrogen and oxygen atoms in total. The van der Waals surface area contributed by atoms with Crippen LogP contribution in [0, 0.1) is 19.8 Å². The van der Waals surface area contributed by atoms with Crippen LogP contribution in [0.2, 0.25) is 0 Å². The number of carbonyl (C=O) groups excluding carboxylic acids is 3. The SMILES string of the molecule is Cc1ccc(NC(=O)COc2ccc(N3C[C@@H](C(=O)NCc4ccco4)CC3=O)cc2)c(C)c1. The number of nitrogens with zero attached hydrogens (tertiary/aromatic N) is 1. The Morgan fingerprint density at radius 1 is 1.12 bits per heavy atom. The fraction of sp³-hybridized carbons (Fsp3) is 0.269. The maximum absolute atomic E-state index is 12.5. The predicted octanol–water partition coefficient (Wildman–Crippen LogP) is 3.58. The van der Waals surface area contributed by atoms with Gasteiger partial charge in [0.15, 0.2) is 6.61 Å². The van der Waals surface area contributed by atoms with E-state index in [-0.39, 0.29) is 30.7 Å². The summed E-state index contributed by atoms with van der Waals surface area (Å²) in [5.41, 5.74) is 3.55. The summed E-state index contributed by atoms with van der Waals surface area (Å²) >= 11 is 0. The van der Waals surface area contributed by atoms with Crippen LogP contribution in [-0.4, -0.2) is 30.9 Å². The Balaban J connectivity index is 1.27. The second-order valence-corrected chi connectivity index (χ2v) is 8.35. The normalized spacial score (nSPS) is 15.3. The molecule has 0 bridgehead atoms. The molecule has 1 aliphatic heterocycles. The van der Waals surface area contributed by atoms with E-state index in [0.29, 0.717) is 30.3 Å². The maximum Gasteiger partial charge on any atom is 0.262 e. The molecule has 2 heterocycles. The second kappa shape index (κ2) is 10.2. The molecule has 1 atom stereocenters. The van der Waals surface area contributed by atoms with Crippen molar-refractivity contribution in [3.8, 4) is 5.75 Å². The summed E-state index contributed by atoms with van der Waals surface area (Å²) < 4.78 is 10.8. The molecular formula is C26H27N3O5. The van der Waals surface area contributed by atoms with Gasteiger partial charge in [-0.1, -0.05) is 17.7 Å². The lowest BCUT2D eigenvalue weighted by molar-refractivity contribution is -0.126. The molecule has 3 amide bonds. The first-order valence-electron chi connectivity index (χ1n) is 11.1. The first-order chi connectivity index (χ1) is 16.4. The van der Waals surface area contributed by atoms with E-state index in [1.54, 1.807) is 47.6 Å². The molecule has 0 aliphatic carbocycles. The van der Waals surface area contributed by atoms with Crippen molar-refractivity contribution in [2.45, 2.75) is 26.8 Å². The van der Waals surface area contributed by atoms with Crippen LogP contribution in [-0.2, 0) is 20.9 Å². The topological polar surface area (TPSA) is 101 Å². The zero-order valence-electron chi connectivity index (χ0n) is 19.2. The Bertz CT molecular complexity index is 1170. The Morgan fingerprint density at radius 3 is 2.62 bits per heavy atom.